The highest BCUT2D eigenvalue weighted by molar-refractivity contribution is 6.30. The van der Waals surface area contributed by atoms with E-state index < -0.39 is 0 Å². The number of hydrogen-bond donors (Lipinski definition) is 1. The van der Waals surface area contributed by atoms with Crippen molar-refractivity contribution in [1.29, 1.82) is 0 Å². The minimum absolute atomic E-state index is 0.0981. The summed E-state index contributed by atoms with van der Waals surface area (Å²) in [5.41, 5.74) is 1.94. The molecule has 0 aliphatic heterocycles. The summed E-state index contributed by atoms with van der Waals surface area (Å²) in [5, 5.41) is 3.96. The number of ether oxygens (including phenoxy) is 2. The summed E-state index contributed by atoms with van der Waals surface area (Å²) in [4.78, 5) is 4.13. The monoisotopic (exact) mass is 270 g/mol. The fraction of sp³-hybridized carbons (Fsp3) is 0.615. The molecule has 3 unspecified atom stereocenters. The largest absolute Gasteiger partial charge is 0.378 e. The fourth-order valence-corrected chi connectivity index (χ4v) is 2.37. The Labute approximate surface area is 113 Å². The van der Waals surface area contributed by atoms with Gasteiger partial charge in [-0.15, -0.1) is 0 Å². The molecule has 0 saturated heterocycles. The molecule has 1 heterocycles. The van der Waals surface area contributed by atoms with E-state index >= 15 is 0 Å². The lowest BCUT2D eigenvalue weighted by atomic mass is 9.85. The maximum absolute atomic E-state index is 5.90. The van der Waals surface area contributed by atoms with Crippen molar-refractivity contribution in [2.75, 3.05) is 19.0 Å². The van der Waals surface area contributed by atoms with E-state index in [0.717, 1.165) is 24.3 Å². The summed E-state index contributed by atoms with van der Waals surface area (Å²) in [6.07, 6.45) is 2.99. The molecule has 2 rings (SSSR count). The van der Waals surface area contributed by atoms with Gasteiger partial charge in [-0.2, -0.15) is 0 Å². The molecular formula is C13H19ClN2O2. The van der Waals surface area contributed by atoms with Crippen molar-refractivity contribution in [2.24, 2.45) is 0 Å². The van der Waals surface area contributed by atoms with Gasteiger partial charge in [0.25, 0.3) is 0 Å². The zero-order valence-electron chi connectivity index (χ0n) is 10.9. The van der Waals surface area contributed by atoms with Crippen LogP contribution in [0.4, 0.5) is 5.69 Å². The van der Waals surface area contributed by atoms with Crippen LogP contribution in [-0.2, 0) is 9.47 Å². The lowest BCUT2D eigenvalue weighted by Gasteiger charge is -2.43. The van der Waals surface area contributed by atoms with Gasteiger partial charge in [0.05, 0.1) is 24.0 Å². The molecule has 0 spiro atoms. The number of nitrogens with zero attached hydrogens (tertiary/aromatic N) is 1. The minimum atomic E-state index is 0.0981. The lowest BCUT2D eigenvalue weighted by molar-refractivity contribution is -0.118. The second-order valence-electron chi connectivity index (χ2n) is 4.51. The van der Waals surface area contributed by atoms with Crippen molar-refractivity contribution in [3.63, 3.8) is 0 Å². The first-order valence-corrected chi connectivity index (χ1v) is 6.56. The molecule has 0 aromatic carbocycles. The van der Waals surface area contributed by atoms with Crippen LogP contribution < -0.4 is 5.32 Å². The standard InChI is InChI=1S/C13H19ClN2O2/c1-4-18-11-6-10(12(11)17-3)16-9-5-8(2)13(14)15-7-9/h5,7,10-12,16H,4,6H2,1-3H3. The van der Waals surface area contributed by atoms with Gasteiger partial charge < -0.3 is 14.8 Å². The predicted octanol–water partition coefficient (Wildman–Crippen LogP) is 2.65. The number of hydrogen-bond acceptors (Lipinski definition) is 4. The molecule has 1 fully saturated rings. The number of aryl methyl sites for hydroxylation is 1. The van der Waals surface area contributed by atoms with Gasteiger partial charge in [-0.25, -0.2) is 4.98 Å². The van der Waals surface area contributed by atoms with Crippen LogP contribution in [0, 0.1) is 6.92 Å². The fourth-order valence-electron chi connectivity index (χ4n) is 2.27. The topological polar surface area (TPSA) is 43.4 Å². The van der Waals surface area contributed by atoms with Crippen LogP contribution in [0.2, 0.25) is 5.15 Å². The Hall–Kier alpha value is -0.840. The first-order valence-electron chi connectivity index (χ1n) is 6.18. The van der Waals surface area contributed by atoms with E-state index in [1.807, 2.05) is 19.9 Å². The van der Waals surface area contributed by atoms with Crippen LogP contribution in [0.25, 0.3) is 0 Å². The predicted molar refractivity (Wildman–Crippen MR) is 72.2 cm³/mol. The summed E-state index contributed by atoms with van der Waals surface area (Å²) < 4.78 is 11.0. The number of anilines is 1. The van der Waals surface area contributed by atoms with Gasteiger partial charge in [0.2, 0.25) is 0 Å². The smallest absolute Gasteiger partial charge is 0.132 e. The number of aromatic nitrogens is 1. The zero-order chi connectivity index (χ0) is 13.1. The molecule has 5 heteroatoms. The van der Waals surface area contributed by atoms with Crippen molar-refractivity contribution < 1.29 is 9.47 Å². The molecule has 1 N–H and O–H groups in total. The van der Waals surface area contributed by atoms with Crippen molar-refractivity contribution in [1.82, 2.24) is 4.98 Å². The van der Waals surface area contributed by atoms with Crippen LogP contribution in [0.15, 0.2) is 12.3 Å². The molecule has 4 nitrogen and oxygen atoms in total. The van der Waals surface area contributed by atoms with Crippen LogP contribution in [0.1, 0.15) is 18.9 Å². The Morgan fingerprint density at radius 3 is 2.94 bits per heavy atom. The Morgan fingerprint density at radius 2 is 2.33 bits per heavy atom. The van der Waals surface area contributed by atoms with Crippen LogP contribution >= 0.6 is 11.6 Å². The van der Waals surface area contributed by atoms with E-state index in [1.54, 1.807) is 13.3 Å². The molecule has 0 amide bonds. The molecule has 3 atom stereocenters. The van der Waals surface area contributed by atoms with E-state index in [-0.39, 0.29) is 18.2 Å². The second-order valence-corrected chi connectivity index (χ2v) is 4.87. The average Bonchev–Trinajstić information content (AvgIpc) is 2.32. The maximum Gasteiger partial charge on any atom is 0.132 e. The van der Waals surface area contributed by atoms with Crippen molar-refractivity contribution >= 4 is 17.3 Å². The molecular weight excluding hydrogens is 252 g/mol. The highest BCUT2D eigenvalue weighted by atomic mass is 35.5. The number of pyridine rings is 1. The highest BCUT2D eigenvalue weighted by Crippen LogP contribution is 2.30. The zero-order valence-corrected chi connectivity index (χ0v) is 11.7. The minimum Gasteiger partial charge on any atom is -0.378 e. The van der Waals surface area contributed by atoms with Gasteiger partial charge in [-0.1, -0.05) is 11.6 Å². The second kappa shape index (κ2) is 5.87. The average molecular weight is 271 g/mol. The molecule has 1 aromatic rings. The van der Waals surface area contributed by atoms with Gasteiger partial charge >= 0.3 is 0 Å². The van der Waals surface area contributed by atoms with E-state index in [4.69, 9.17) is 21.1 Å². The van der Waals surface area contributed by atoms with Gasteiger partial charge in [-0.05, 0) is 31.9 Å². The van der Waals surface area contributed by atoms with Gasteiger partial charge in [-0.3, -0.25) is 0 Å². The number of halogens is 1. The molecule has 0 bridgehead atoms. The normalized spacial score (nSPS) is 26.8. The quantitative estimate of drug-likeness (QED) is 0.836. The maximum atomic E-state index is 5.90. The molecule has 1 saturated carbocycles. The highest BCUT2D eigenvalue weighted by Gasteiger charge is 2.42. The summed E-state index contributed by atoms with van der Waals surface area (Å²) >= 11 is 5.90. The summed E-state index contributed by atoms with van der Waals surface area (Å²) in [6, 6.07) is 2.27. The summed E-state index contributed by atoms with van der Waals surface area (Å²) in [7, 11) is 1.72. The lowest BCUT2D eigenvalue weighted by Crippen LogP contribution is -2.56. The van der Waals surface area contributed by atoms with Crippen LogP contribution in [0.3, 0.4) is 0 Å². The third-order valence-electron chi connectivity index (χ3n) is 3.27. The molecule has 1 aliphatic carbocycles. The first-order chi connectivity index (χ1) is 8.65. The van der Waals surface area contributed by atoms with Gasteiger partial charge in [0, 0.05) is 13.7 Å². The Kier molecular flexibility index (Phi) is 4.43. The van der Waals surface area contributed by atoms with E-state index in [9.17, 15) is 0 Å². The van der Waals surface area contributed by atoms with E-state index in [1.165, 1.54) is 0 Å². The number of nitrogens with one attached hydrogen (secondary N) is 1. The van der Waals surface area contributed by atoms with Crippen LogP contribution in [-0.4, -0.2) is 37.0 Å². The van der Waals surface area contributed by atoms with Gasteiger partial charge in [0.15, 0.2) is 0 Å². The van der Waals surface area contributed by atoms with Crippen LogP contribution in [0.5, 0.6) is 0 Å². The van der Waals surface area contributed by atoms with Crippen molar-refractivity contribution in [3.8, 4) is 0 Å². The molecule has 1 aromatic heterocycles. The Balaban J connectivity index is 1.96. The van der Waals surface area contributed by atoms with E-state index in [0.29, 0.717) is 5.15 Å². The number of methoxy groups -OCH3 is 1. The molecule has 100 valence electrons. The Morgan fingerprint density at radius 1 is 1.56 bits per heavy atom. The Bertz CT molecular complexity index is 414. The van der Waals surface area contributed by atoms with Gasteiger partial charge in [0.1, 0.15) is 11.3 Å². The van der Waals surface area contributed by atoms with E-state index in [2.05, 4.69) is 10.3 Å². The third-order valence-corrected chi connectivity index (χ3v) is 3.66. The number of rotatable bonds is 5. The molecule has 18 heavy (non-hydrogen) atoms. The molecule has 0 radical (unpaired) electrons. The third kappa shape index (κ3) is 2.76. The summed E-state index contributed by atoms with van der Waals surface area (Å²) in [6.45, 7) is 4.66. The first kappa shape index (κ1) is 13.6. The van der Waals surface area contributed by atoms with Crippen molar-refractivity contribution in [2.45, 2.75) is 38.5 Å². The van der Waals surface area contributed by atoms with Crippen molar-refractivity contribution in [3.05, 3.63) is 23.0 Å². The molecule has 1 aliphatic rings. The summed E-state index contributed by atoms with van der Waals surface area (Å²) in [5.74, 6) is 0. The SMILES string of the molecule is CCOC1CC(Nc2cnc(Cl)c(C)c2)C1OC.